The molecule has 0 aromatic heterocycles. The number of hydrogen-bond donors (Lipinski definition) is 1. The van der Waals surface area contributed by atoms with Crippen LogP contribution < -0.4 is 9.62 Å². The Morgan fingerprint density at radius 2 is 1.79 bits per heavy atom. The second kappa shape index (κ2) is 10.0. The van der Waals surface area contributed by atoms with Gasteiger partial charge in [-0.05, 0) is 43.3 Å². The smallest absolute Gasteiger partial charge is 0.324 e. The lowest BCUT2D eigenvalue weighted by Gasteiger charge is -2.20. The van der Waals surface area contributed by atoms with Gasteiger partial charge in [-0.3, -0.25) is 14.5 Å². The number of hydrogen-bond acceptors (Lipinski definition) is 6. The number of para-hydroxylation sites is 1. The van der Waals surface area contributed by atoms with Crippen molar-refractivity contribution in [1.82, 2.24) is 4.72 Å². The molecule has 0 spiro atoms. The van der Waals surface area contributed by atoms with Crippen LogP contribution >= 0.6 is 11.6 Å². The molecule has 2 aromatic carbocycles. The predicted molar refractivity (Wildman–Crippen MR) is 107 cm³/mol. The Hall–Kier alpha value is -2.93. The van der Waals surface area contributed by atoms with Gasteiger partial charge >= 0.3 is 5.97 Å². The Kier molecular flexibility index (Phi) is 7.73. The zero-order chi connectivity index (χ0) is 21.4. The summed E-state index contributed by atoms with van der Waals surface area (Å²) in [4.78, 5) is 25.6. The first-order valence-electron chi connectivity index (χ1n) is 8.41. The van der Waals surface area contributed by atoms with Crippen molar-refractivity contribution in [2.45, 2.75) is 17.9 Å². The third-order valence-electron chi connectivity index (χ3n) is 3.75. The van der Waals surface area contributed by atoms with Crippen LogP contribution in [0.2, 0.25) is 5.02 Å². The van der Waals surface area contributed by atoms with Crippen molar-refractivity contribution in [2.75, 3.05) is 18.1 Å². The first kappa shape index (κ1) is 22.4. The van der Waals surface area contributed by atoms with Gasteiger partial charge in [-0.1, -0.05) is 29.8 Å². The van der Waals surface area contributed by atoms with Crippen molar-refractivity contribution in [1.29, 1.82) is 5.26 Å². The fraction of sp³-hybridized carbons (Fsp3) is 0.211. The van der Waals surface area contributed by atoms with Crippen LogP contribution in [0, 0.1) is 11.3 Å². The van der Waals surface area contributed by atoms with Gasteiger partial charge in [-0.2, -0.15) is 9.98 Å². The van der Waals surface area contributed by atoms with Crippen LogP contribution in [0.1, 0.15) is 6.92 Å². The molecule has 2 aromatic rings. The highest BCUT2D eigenvalue weighted by Gasteiger charge is 2.25. The largest absolute Gasteiger partial charge is 0.454 e. The summed E-state index contributed by atoms with van der Waals surface area (Å²) in [6.07, 6.45) is 0. The van der Waals surface area contributed by atoms with E-state index in [1.54, 1.807) is 30.3 Å². The molecular formula is C19H18ClN3O5S. The van der Waals surface area contributed by atoms with Gasteiger partial charge in [0, 0.05) is 10.7 Å². The van der Waals surface area contributed by atoms with Gasteiger partial charge < -0.3 is 4.74 Å². The Balaban J connectivity index is 1.97. The first-order chi connectivity index (χ1) is 13.7. The minimum absolute atomic E-state index is 0.0677. The number of sulfonamides is 1. The van der Waals surface area contributed by atoms with Gasteiger partial charge in [0.05, 0.1) is 11.0 Å². The minimum Gasteiger partial charge on any atom is -0.454 e. The Bertz CT molecular complexity index is 1000. The Morgan fingerprint density at radius 3 is 2.38 bits per heavy atom. The zero-order valence-electron chi connectivity index (χ0n) is 15.4. The molecule has 29 heavy (non-hydrogen) atoms. The molecule has 10 heteroatoms. The van der Waals surface area contributed by atoms with Crippen molar-refractivity contribution in [3.63, 3.8) is 0 Å². The standard InChI is InChI=1S/C19H18ClN3O5S/c1-14(22-29(26,27)17-9-7-15(20)8-10-17)19(25)28-13-18(24)23(12-11-21)16-5-3-2-4-6-16/h2-10,14,22H,12-13H2,1H3. The first-order valence-corrected chi connectivity index (χ1v) is 10.3. The molecule has 1 unspecified atom stereocenters. The number of nitrogens with one attached hydrogen (secondary N) is 1. The molecule has 0 bridgehead atoms. The Morgan fingerprint density at radius 1 is 1.17 bits per heavy atom. The minimum atomic E-state index is -3.98. The molecule has 0 aliphatic rings. The van der Waals surface area contributed by atoms with Gasteiger partial charge in [0.15, 0.2) is 6.61 Å². The van der Waals surface area contributed by atoms with E-state index in [4.69, 9.17) is 21.6 Å². The third-order valence-corrected chi connectivity index (χ3v) is 5.55. The molecule has 0 aliphatic carbocycles. The van der Waals surface area contributed by atoms with Crippen LogP contribution in [0.5, 0.6) is 0 Å². The maximum atomic E-state index is 12.3. The Labute approximate surface area is 173 Å². The molecular weight excluding hydrogens is 418 g/mol. The summed E-state index contributed by atoms with van der Waals surface area (Å²) in [5, 5.41) is 9.30. The number of carbonyl (C=O) groups is 2. The summed E-state index contributed by atoms with van der Waals surface area (Å²) in [6, 6.07) is 14.5. The molecule has 2 rings (SSSR count). The number of rotatable bonds is 8. The quantitative estimate of drug-likeness (QED) is 0.501. The number of carbonyl (C=O) groups excluding carboxylic acids is 2. The third kappa shape index (κ3) is 6.29. The molecule has 152 valence electrons. The number of benzene rings is 2. The second-order valence-corrected chi connectivity index (χ2v) is 8.03. The van der Waals surface area contributed by atoms with Crippen molar-refractivity contribution >= 4 is 39.2 Å². The monoisotopic (exact) mass is 435 g/mol. The SMILES string of the molecule is CC(NS(=O)(=O)c1ccc(Cl)cc1)C(=O)OCC(=O)N(CC#N)c1ccccc1. The van der Waals surface area contributed by atoms with Gasteiger partial charge in [0.2, 0.25) is 10.0 Å². The van der Waals surface area contributed by atoms with Crippen LogP contribution in [-0.4, -0.2) is 39.5 Å². The summed E-state index contributed by atoms with van der Waals surface area (Å²) in [5.41, 5.74) is 0.478. The molecule has 0 radical (unpaired) electrons. The van der Waals surface area contributed by atoms with E-state index in [9.17, 15) is 18.0 Å². The number of nitriles is 1. The predicted octanol–water partition coefficient (Wildman–Crippen LogP) is 2.11. The molecule has 1 N–H and O–H groups in total. The van der Waals surface area contributed by atoms with Crippen LogP contribution in [0.3, 0.4) is 0 Å². The van der Waals surface area contributed by atoms with E-state index in [1.165, 1.54) is 31.2 Å². The van der Waals surface area contributed by atoms with Crippen molar-refractivity contribution in [2.24, 2.45) is 0 Å². The van der Waals surface area contributed by atoms with Crippen LogP contribution in [0.15, 0.2) is 59.5 Å². The van der Waals surface area contributed by atoms with Gasteiger partial charge in [-0.25, -0.2) is 8.42 Å². The highest BCUT2D eigenvalue weighted by molar-refractivity contribution is 7.89. The number of esters is 1. The summed E-state index contributed by atoms with van der Waals surface area (Å²) in [6.45, 7) is 0.437. The summed E-state index contributed by atoms with van der Waals surface area (Å²) < 4.78 is 31.7. The highest BCUT2D eigenvalue weighted by atomic mass is 35.5. The summed E-state index contributed by atoms with van der Waals surface area (Å²) in [5.74, 6) is -1.54. The number of anilines is 1. The number of halogens is 1. The lowest BCUT2D eigenvalue weighted by Crippen LogP contribution is -2.41. The van der Waals surface area contributed by atoms with E-state index in [0.717, 1.165) is 4.90 Å². The van der Waals surface area contributed by atoms with Gasteiger partial charge in [0.25, 0.3) is 5.91 Å². The number of amides is 1. The van der Waals surface area contributed by atoms with Crippen molar-refractivity contribution < 1.29 is 22.7 Å². The maximum Gasteiger partial charge on any atom is 0.324 e. The normalized spacial score (nSPS) is 11.9. The summed E-state index contributed by atoms with van der Waals surface area (Å²) >= 11 is 5.74. The van der Waals surface area contributed by atoms with E-state index >= 15 is 0 Å². The van der Waals surface area contributed by atoms with E-state index < -0.39 is 34.5 Å². The molecule has 0 aliphatic heterocycles. The molecule has 0 heterocycles. The van der Waals surface area contributed by atoms with Crippen molar-refractivity contribution in [3.8, 4) is 6.07 Å². The molecule has 0 fully saturated rings. The average Bonchev–Trinajstić information content (AvgIpc) is 2.70. The zero-order valence-corrected chi connectivity index (χ0v) is 17.0. The maximum absolute atomic E-state index is 12.3. The lowest BCUT2D eigenvalue weighted by molar-refractivity contribution is -0.149. The number of nitrogens with zero attached hydrogens (tertiary/aromatic N) is 2. The fourth-order valence-corrected chi connectivity index (χ4v) is 3.62. The average molecular weight is 436 g/mol. The van der Waals surface area contributed by atoms with Crippen LogP contribution in [0.4, 0.5) is 5.69 Å². The van der Waals surface area contributed by atoms with Crippen LogP contribution in [0.25, 0.3) is 0 Å². The molecule has 8 nitrogen and oxygen atoms in total. The fourth-order valence-electron chi connectivity index (χ4n) is 2.30. The van der Waals surface area contributed by atoms with E-state index in [-0.39, 0.29) is 11.4 Å². The van der Waals surface area contributed by atoms with Gasteiger partial charge in [-0.15, -0.1) is 0 Å². The summed E-state index contributed by atoms with van der Waals surface area (Å²) in [7, 11) is -3.98. The lowest BCUT2D eigenvalue weighted by atomic mass is 10.3. The van der Waals surface area contributed by atoms with Gasteiger partial charge in [0.1, 0.15) is 12.6 Å². The highest BCUT2D eigenvalue weighted by Crippen LogP contribution is 2.15. The van der Waals surface area contributed by atoms with E-state index in [0.29, 0.717) is 10.7 Å². The second-order valence-electron chi connectivity index (χ2n) is 5.88. The molecule has 1 atom stereocenters. The van der Waals surface area contributed by atoms with E-state index in [2.05, 4.69) is 4.72 Å². The van der Waals surface area contributed by atoms with Crippen LogP contribution in [-0.2, 0) is 24.3 Å². The van der Waals surface area contributed by atoms with E-state index in [1.807, 2.05) is 6.07 Å². The van der Waals surface area contributed by atoms with Crippen molar-refractivity contribution in [3.05, 3.63) is 59.6 Å². The molecule has 0 saturated heterocycles. The topological polar surface area (TPSA) is 117 Å². The molecule has 0 saturated carbocycles. The molecule has 1 amide bonds. The number of ether oxygens (including phenoxy) is 1.